The fraction of sp³-hybridized carbons (Fsp3) is 0.0833. The maximum atomic E-state index is 10.9. The van der Waals surface area contributed by atoms with E-state index in [0.717, 1.165) is 5.56 Å². The number of nitro groups is 1. The number of halogens is 1. The standard InChI is InChI=1S/C12H10ClN3O2/c13-10-6-11(16(17)18)12(15-8-10)14-7-9-4-2-1-3-5-9/h1-6,8H,7H2,(H,14,15). The SMILES string of the molecule is O=[N+]([O-])c1cc(Cl)cnc1NCc1ccccc1. The van der Waals surface area contributed by atoms with Crippen LogP contribution in [0.1, 0.15) is 5.56 Å². The lowest BCUT2D eigenvalue weighted by atomic mass is 10.2. The number of rotatable bonds is 4. The Bertz CT molecular complexity index is 561. The minimum absolute atomic E-state index is 0.126. The van der Waals surface area contributed by atoms with Crippen molar-refractivity contribution < 1.29 is 4.92 Å². The van der Waals surface area contributed by atoms with Crippen molar-refractivity contribution in [2.45, 2.75) is 6.54 Å². The monoisotopic (exact) mass is 263 g/mol. The van der Waals surface area contributed by atoms with Crippen LogP contribution in [0.4, 0.5) is 11.5 Å². The summed E-state index contributed by atoms with van der Waals surface area (Å²) >= 11 is 5.68. The average Bonchev–Trinajstić information content (AvgIpc) is 2.38. The van der Waals surface area contributed by atoms with Gasteiger partial charge in [0.05, 0.1) is 9.95 Å². The number of anilines is 1. The van der Waals surface area contributed by atoms with Crippen LogP contribution in [-0.4, -0.2) is 9.91 Å². The fourth-order valence-electron chi connectivity index (χ4n) is 1.49. The van der Waals surface area contributed by atoms with E-state index in [0.29, 0.717) is 6.54 Å². The van der Waals surface area contributed by atoms with Crippen LogP contribution in [0.3, 0.4) is 0 Å². The molecule has 5 nitrogen and oxygen atoms in total. The summed E-state index contributed by atoms with van der Waals surface area (Å²) < 4.78 is 0. The molecule has 0 atom stereocenters. The van der Waals surface area contributed by atoms with Crippen molar-refractivity contribution in [2.24, 2.45) is 0 Å². The van der Waals surface area contributed by atoms with Gasteiger partial charge in [-0.3, -0.25) is 10.1 Å². The summed E-state index contributed by atoms with van der Waals surface area (Å²) in [4.78, 5) is 14.3. The highest BCUT2D eigenvalue weighted by atomic mass is 35.5. The summed E-state index contributed by atoms with van der Waals surface area (Å²) in [5, 5.41) is 14.0. The molecule has 92 valence electrons. The molecule has 6 heteroatoms. The van der Waals surface area contributed by atoms with Crippen LogP contribution < -0.4 is 5.32 Å². The van der Waals surface area contributed by atoms with E-state index in [1.165, 1.54) is 12.3 Å². The molecule has 0 fully saturated rings. The predicted octanol–water partition coefficient (Wildman–Crippen LogP) is 3.26. The smallest absolute Gasteiger partial charge is 0.312 e. The zero-order valence-electron chi connectivity index (χ0n) is 9.34. The molecule has 18 heavy (non-hydrogen) atoms. The second-order valence-electron chi connectivity index (χ2n) is 3.62. The number of nitrogens with zero attached hydrogens (tertiary/aromatic N) is 2. The zero-order chi connectivity index (χ0) is 13.0. The van der Waals surface area contributed by atoms with Gasteiger partial charge < -0.3 is 5.32 Å². The van der Waals surface area contributed by atoms with E-state index in [1.807, 2.05) is 30.3 Å². The number of hydrogen-bond donors (Lipinski definition) is 1. The van der Waals surface area contributed by atoms with E-state index in [9.17, 15) is 10.1 Å². The summed E-state index contributed by atoms with van der Waals surface area (Å²) in [6.45, 7) is 0.469. The fourth-order valence-corrected chi connectivity index (χ4v) is 1.64. The highest BCUT2D eigenvalue weighted by Gasteiger charge is 2.15. The third-order valence-corrected chi connectivity index (χ3v) is 2.54. The molecule has 0 aliphatic rings. The molecule has 1 heterocycles. The minimum Gasteiger partial charge on any atom is -0.360 e. The minimum atomic E-state index is -0.508. The van der Waals surface area contributed by atoms with Gasteiger partial charge in [0.1, 0.15) is 0 Å². The largest absolute Gasteiger partial charge is 0.360 e. The third kappa shape index (κ3) is 2.95. The first-order valence-electron chi connectivity index (χ1n) is 5.24. The topological polar surface area (TPSA) is 68.1 Å². The highest BCUT2D eigenvalue weighted by Crippen LogP contribution is 2.25. The lowest BCUT2D eigenvalue weighted by Crippen LogP contribution is -2.04. The van der Waals surface area contributed by atoms with Crippen LogP contribution in [0.25, 0.3) is 0 Å². The van der Waals surface area contributed by atoms with Gasteiger partial charge in [0, 0.05) is 18.8 Å². The molecule has 0 aliphatic heterocycles. The van der Waals surface area contributed by atoms with Gasteiger partial charge in [0.15, 0.2) is 0 Å². The maximum absolute atomic E-state index is 10.9. The van der Waals surface area contributed by atoms with Gasteiger partial charge in [-0.15, -0.1) is 0 Å². The van der Waals surface area contributed by atoms with E-state index in [4.69, 9.17) is 11.6 Å². The molecule has 1 aromatic carbocycles. The summed E-state index contributed by atoms with van der Waals surface area (Å²) in [5.41, 5.74) is 0.891. The maximum Gasteiger partial charge on any atom is 0.312 e. The van der Waals surface area contributed by atoms with Crippen molar-refractivity contribution in [3.8, 4) is 0 Å². The predicted molar refractivity (Wildman–Crippen MR) is 69.7 cm³/mol. The average molecular weight is 264 g/mol. The normalized spacial score (nSPS) is 10.1. The van der Waals surface area contributed by atoms with E-state index >= 15 is 0 Å². The van der Waals surface area contributed by atoms with Crippen molar-refractivity contribution >= 4 is 23.1 Å². The van der Waals surface area contributed by atoms with Gasteiger partial charge >= 0.3 is 5.69 Å². The Kier molecular flexibility index (Phi) is 3.74. The Morgan fingerprint density at radius 3 is 2.72 bits per heavy atom. The highest BCUT2D eigenvalue weighted by molar-refractivity contribution is 6.30. The van der Waals surface area contributed by atoms with Crippen LogP contribution in [0, 0.1) is 10.1 Å². The molecule has 0 spiro atoms. The number of nitrogens with one attached hydrogen (secondary N) is 1. The molecular formula is C12H10ClN3O2. The lowest BCUT2D eigenvalue weighted by molar-refractivity contribution is -0.384. The Morgan fingerprint density at radius 1 is 1.33 bits per heavy atom. The van der Waals surface area contributed by atoms with E-state index in [1.54, 1.807) is 0 Å². The number of hydrogen-bond acceptors (Lipinski definition) is 4. The summed E-state index contributed by atoms with van der Waals surface area (Å²) in [5.74, 6) is 0.216. The van der Waals surface area contributed by atoms with Gasteiger partial charge in [-0.25, -0.2) is 4.98 Å². The van der Waals surface area contributed by atoms with Crippen molar-refractivity contribution in [3.63, 3.8) is 0 Å². The molecule has 0 bridgehead atoms. The van der Waals surface area contributed by atoms with Crippen LogP contribution in [0.15, 0.2) is 42.6 Å². The quantitative estimate of drug-likeness (QED) is 0.679. The van der Waals surface area contributed by atoms with E-state index < -0.39 is 4.92 Å². The molecule has 0 saturated heterocycles. The van der Waals surface area contributed by atoms with Gasteiger partial charge in [0.2, 0.25) is 5.82 Å². The van der Waals surface area contributed by atoms with Crippen molar-refractivity contribution in [2.75, 3.05) is 5.32 Å². The molecule has 2 rings (SSSR count). The first kappa shape index (κ1) is 12.3. The third-order valence-electron chi connectivity index (χ3n) is 2.33. The molecular weight excluding hydrogens is 254 g/mol. The zero-order valence-corrected chi connectivity index (χ0v) is 10.1. The van der Waals surface area contributed by atoms with Crippen LogP contribution in [0.2, 0.25) is 5.02 Å². The Morgan fingerprint density at radius 2 is 2.06 bits per heavy atom. The molecule has 2 aromatic rings. The van der Waals surface area contributed by atoms with Crippen LogP contribution >= 0.6 is 11.6 Å². The molecule has 0 aliphatic carbocycles. The van der Waals surface area contributed by atoms with Gasteiger partial charge in [0.25, 0.3) is 0 Å². The van der Waals surface area contributed by atoms with E-state index in [2.05, 4.69) is 10.3 Å². The van der Waals surface area contributed by atoms with E-state index in [-0.39, 0.29) is 16.5 Å². The van der Waals surface area contributed by atoms with Crippen molar-refractivity contribution in [1.82, 2.24) is 4.98 Å². The molecule has 0 saturated carbocycles. The molecule has 1 N–H and O–H groups in total. The molecule has 0 radical (unpaired) electrons. The van der Waals surface area contributed by atoms with Gasteiger partial charge in [-0.05, 0) is 5.56 Å². The lowest BCUT2D eigenvalue weighted by Gasteiger charge is -2.06. The van der Waals surface area contributed by atoms with Crippen molar-refractivity contribution in [3.05, 3.63) is 63.3 Å². The Labute approximate surface area is 109 Å². The number of aromatic nitrogens is 1. The number of benzene rings is 1. The molecule has 0 unspecified atom stereocenters. The van der Waals surface area contributed by atoms with Crippen molar-refractivity contribution in [1.29, 1.82) is 0 Å². The Hall–Kier alpha value is -2.14. The summed E-state index contributed by atoms with van der Waals surface area (Å²) in [6, 6.07) is 10.8. The van der Waals surface area contributed by atoms with Gasteiger partial charge in [-0.1, -0.05) is 41.9 Å². The molecule has 1 aromatic heterocycles. The first-order chi connectivity index (χ1) is 8.66. The summed E-state index contributed by atoms with van der Waals surface area (Å²) in [7, 11) is 0. The van der Waals surface area contributed by atoms with Crippen LogP contribution in [0.5, 0.6) is 0 Å². The second-order valence-corrected chi connectivity index (χ2v) is 4.05. The van der Waals surface area contributed by atoms with Crippen LogP contribution in [-0.2, 0) is 6.54 Å². The number of pyridine rings is 1. The van der Waals surface area contributed by atoms with Gasteiger partial charge in [-0.2, -0.15) is 0 Å². The molecule has 0 amide bonds. The Balaban J connectivity index is 2.17. The summed E-state index contributed by atoms with van der Waals surface area (Å²) in [6.07, 6.45) is 1.38. The first-order valence-corrected chi connectivity index (χ1v) is 5.62. The second kappa shape index (κ2) is 5.46.